The van der Waals surface area contributed by atoms with E-state index in [-0.39, 0.29) is 12.2 Å². The number of unbranched alkanes of at least 4 members (excludes halogenated alkanes) is 6. The SMILES string of the molecule is CCCCCCCCC[C@@H]1OC[C@H](C)[C@H](OC)/C1=C\OC. The number of hydrogen-bond acceptors (Lipinski definition) is 3. The first kappa shape index (κ1) is 18.5. The fourth-order valence-electron chi connectivity index (χ4n) is 3.15. The van der Waals surface area contributed by atoms with Gasteiger partial charge in [-0.15, -0.1) is 0 Å². The summed E-state index contributed by atoms with van der Waals surface area (Å²) >= 11 is 0. The maximum Gasteiger partial charge on any atom is 0.0886 e. The van der Waals surface area contributed by atoms with Crippen molar-refractivity contribution in [2.75, 3.05) is 20.8 Å². The molecule has 0 N–H and O–H groups in total. The summed E-state index contributed by atoms with van der Waals surface area (Å²) in [6, 6.07) is 0. The molecule has 21 heavy (non-hydrogen) atoms. The predicted octanol–water partition coefficient (Wildman–Crippen LogP) is 4.71. The van der Waals surface area contributed by atoms with Crippen LogP contribution in [0.5, 0.6) is 0 Å². The molecule has 1 saturated heterocycles. The third-order valence-corrected chi connectivity index (χ3v) is 4.36. The van der Waals surface area contributed by atoms with E-state index in [0.717, 1.165) is 13.0 Å². The van der Waals surface area contributed by atoms with Crippen molar-refractivity contribution in [2.24, 2.45) is 5.92 Å². The molecule has 1 rings (SSSR count). The largest absolute Gasteiger partial charge is 0.504 e. The summed E-state index contributed by atoms with van der Waals surface area (Å²) in [5, 5.41) is 0. The molecule has 0 spiro atoms. The van der Waals surface area contributed by atoms with Crippen molar-refractivity contribution in [3.8, 4) is 0 Å². The lowest BCUT2D eigenvalue weighted by molar-refractivity contribution is -0.0533. The second kappa shape index (κ2) is 11.1. The van der Waals surface area contributed by atoms with Gasteiger partial charge in [0.1, 0.15) is 0 Å². The Hall–Kier alpha value is -0.540. The van der Waals surface area contributed by atoms with Crippen LogP contribution in [0.25, 0.3) is 0 Å². The number of ether oxygens (including phenoxy) is 3. The number of methoxy groups -OCH3 is 2. The third-order valence-electron chi connectivity index (χ3n) is 4.36. The fraction of sp³-hybridized carbons (Fsp3) is 0.889. The molecule has 0 bridgehead atoms. The highest BCUT2D eigenvalue weighted by molar-refractivity contribution is 5.15. The molecule has 124 valence electrons. The maximum atomic E-state index is 6.00. The van der Waals surface area contributed by atoms with E-state index in [0.29, 0.717) is 5.92 Å². The lowest BCUT2D eigenvalue weighted by atomic mass is 9.89. The molecule has 0 aromatic rings. The Labute approximate surface area is 131 Å². The van der Waals surface area contributed by atoms with E-state index >= 15 is 0 Å². The minimum Gasteiger partial charge on any atom is -0.504 e. The highest BCUT2D eigenvalue weighted by atomic mass is 16.5. The Kier molecular flexibility index (Phi) is 9.77. The zero-order valence-electron chi connectivity index (χ0n) is 14.4. The van der Waals surface area contributed by atoms with Gasteiger partial charge in [-0.25, -0.2) is 0 Å². The molecule has 1 fully saturated rings. The van der Waals surface area contributed by atoms with Crippen LogP contribution in [0.1, 0.15) is 65.2 Å². The Balaban J connectivity index is 2.33. The van der Waals surface area contributed by atoms with Crippen molar-refractivity contribution in [2.45, 2.75) is 77.4 Å². The van der Waals surface area contributed by atoms with Crippen LogP contribution in [0, 0.1) is 5.92 Å². The second-order valence-electron chi connectivity index (χ2n) is 6.22. The number of rotatable bonds is 10. The van der Waals surface area contributed by atoms with Crippen molar-refractivity contribution < 1.29 is 14.2 Å². The van der Waals surface area contributed by atoms with Gasteiger partial charge >= 0.3 is 0 Å². The average Bonchev–Trinajstić information content (AvgIpc) is 2.49. The maximum absolute atomic E-state index is 6.00. The van der Waals surface area contributed by atoms with Gasteiger partial charge in [0, 0.05) is 18.6 Å². The first-order valence-corrected chi connectivity index (χ1v) is 8.61. The standard InChI is InChI=1S/C18H34O3/c1-5-6-7-8-9-10-11-12-17-16(14-19-3)18(20-4)15(2)13-21-17/h14-15,17-18H,5-13H2,1-4H3/b16-14-/t15-,17-,18-/m0/s1. The third kappa shape index (κ3) is 6.39. The van der Waals surface area contributed by atoms with Crippen molar-refractivity contribution in [1.29, 1.82) is 0 Å². The summed E-state index contributed by atoms with van der Waals surface area (Å²) in [6.45, 7) is 5.21. The van der Waals surface area contributed by atoms with Crippen LogP contribution < -0.4 is 0 Å². The van der Waals surface area contributed by atoms with Gasteiger partial charge in [0.25, 0.3) is 0 Å². The molecule has 3 heteroatoms. The molecule has 3 atom stereocenters. The van der Waals surface area contributed by atoms with Crippen LogP contribution in [-0.4, -0.2) is 33.0 Å². The molecule has 1 aliphatic heterocycles. The topological polar surface area (TPSA) is 27.7 Å². The fourth-order valence-corrected chi connectivity index (χ4v) is 3.15. The van der Waals surface area contributed by atoms with Gasteiger partial charge in [0.2, 0.25) is 0 Å². The summed E-state index contributed by atoms with van der Waals surface area (Å²) in [6.07, 6.45) is 12.5. The minimum absolute atomic E-state index is 0.133. The van der Waals surface area contributed by atoms with Gasteiger partial charge in [-0.2, -0.15) is 0 Å². The van der Waals surface area contributed by atoms with Gasteiger partial charge in [0.05, 0.1) is 32.2 Å². The zero-order chi connectivity index (χ0) is 15.5. The highest BCUT2D eigenvalue weighted by Crippen LogP contribution is 2.30. The molecule has 1 heterocycles. The van der Waals surface area contributed by atoms with Crippen molar-refractivity contribution in [3.05, 3.63) is 11.8 Å². The van der Waals surface area contributed by atoms with E-state index in [1.165, 1.54) is 50.5 Å². The zero-order valence-corrected chi connectivity index (χ0v) is 14.4. The van der Waals surface area contributed by atoms with Crippen molar-refractivity contribution >= 4 is 0 Å². The Bertz CT molecular complexity index is 288. The lowest BCUT2D eigenvalue weighted by Crippen LogP contribution is -2.39. The van der Waals surface area contributed by atoms with E-state index < -0.39 is 0 Å². The summed E-state index contributed by atoms with van der Waals surface area (Å²) in [4.78, 5) is 0. The molecule has 0 amide bonds. The average molecular weight is 298 g/mol. The van der Waals surface area contributed by atoms with Crippen molar-refractivity contribution in [1.82, 2.24) is 0 Å². The molecule has 0 aromatic heterocycles. The van der Waals surface area contributed by atoms with Crippen LogP contribution in [0.15, 0.2) is 11.8 Å². The minimum atomic E-state index is 0.133. The van der Waals surface area contributed by atoms with E-state index in [1.807, 2.05) is 6.26 Å². The molecule has 0 radical (unpaired) electrons. The summed E-state index contributed by atoms with van der Waals surface area (Å²) in [5.41, 5.74) is 1.17. The van der Waals surface area contributed by atoms with Gasteiger partial charge in [0.15, 0.2) is 0 Å². The first-order chi connectivity index (χ1) is 10.2. The summed E-state index contributed by atoms with van der Waals surface area (Å²) < 4.78 is 16.9. The van der Waals surface area contributed by atoms with E-state index in [4.69, 9.17) is 14.2 Å². The van der Waals surface area contributed by atoms with E-state index in [9.17, 15) is 0 Å². The molecule has 0 aliphatic carbocycles. The molecule has 0 saturated carbocycles. The van der Waals surface area contributed by atoms with Gasteiger partial charge < -0.3 is 14.2 Å². The number of hydrogen-bond donors (Lipinski definition) is 0. The highest BCUT2D eigenvalue weighted by Gasteiger charge is 2.33. The monoisotopic (exact) mass is 298 g/mol. The van der Waals surface area contributed by atoms with Crippen LogP contribution in [0.4, 0.5) is 0 Å². The van der Waals surface area contributed by atoms with Gasteiger partial charge in [-0.3, -0.25) is 0 Å². The second-order valence-corrected chi connectivity index (χ2v) is 6.22. The molecule has 0 unspecified atom stereocenters. The van der Waals surface area contributed by atoms with Gasteiger partial charge in [-0.1, -0.05) is 58.8 Å². The summed E-state index contributed by atoms with van der Waals surface area (Å²) in [7, 11) is 3.48. The normalized spacial score (nSPS) is 28.0. The van der Waals surface area contributed by atoms with Gasteiger partial charge in [-0.05, 0) is 6.42 Å². The van der Waals surface area contributed by atoms with Crippen LogP contribution in [0.2, 0.25) is 0 Å². The van der Waals surface area contributed by atoms with E-state index in [2.05, 4.69) is 13.8 Å². The lowest BCUT2D eigenvalue weighted by Gasteiger charge is -2.36. The Morgan fingerprint density at radius 1 is 1.10 bits per heavy atom. The van der Waals surface area contributed by atoms with Crippen LogP contribution >= 0.6 is 0 Å². The Morgan fingerprint density at radius 2 is 1.76 bits per heavy atom. The smallest absolute Gasteiger partial charge is 0.0886 e. The molecule has 1 aliphatic rings. The Morgan fingerprint density at radius 3 is 2.38 bits per heavy atom. The first-order valence-electron chi connectivity index (χ1n) is 8.61. The predicted molar refractivity (Wildman–Crippen MR) is 87.4 cm³/mol. The molecular weight excluding hydrogens is 264 g/mol. The van der Waals surface area contributed by atoms with E-state index in [1.54, 1.807) is 14.2 Å². The molecule has 3 nitrogen and oxygen atoms in total. The summed E-state index contributed by atoms with van der Waals surface area (Å²) in [5.74, 6) is 0.390. The van der Waals surface area contributed by atoms with Crippen LogP contribution in [-0.2, 0) is 14.2 Å². The molecular formula is C18H34O3. The van der Waals surface area contributed by atoms with Crippen molar-refractivity contribution in [3.63, 3.8) is 0 Å². The molecule has 0 aromatic carbocycles. The van der Waals surface area contributed by atoms with Crippen LogP contribution in [0.3, 0.4) is 0 Å². The quantitative estimate of drug-likeness (QED) is 0.432.